The molecule has 5 nitrogen and oxygen atoms in total. The summed E-state index contributed by atoms with van der Waals surface area (Å²) in [6.07, 6.45) is 4.60. The van der Waals surface area contributed by atoms with Gasteiger partial charge in [0.15, 0.2) is 17.5 Å². The summed E-state index contributed by atoms with van der Waals surface area (Å²) in [7, 11) is 3.46. The van der Waals surface area contributed by atoms with Crippen molar-refractivity contribution in [1.29, 1.82) is 0 Å². The van der Waals surface area contributed by atoms with Gasteiger partial charge in [0.2, 0.25) is 0 Å². The van der Waals surface area contributed by atoms with Crippen molar-refractivity contribution in [2.75, 3.05) is 27.3 Å². The number of rotatable bonds is 10. The van der Waals surface area contributed by atoms with Gasteiger partial charge < -0.3 is 20.1 Å². The van der Waals surface area contributed by atoms with Crippen LogP contribution in [0.2, 0.25) is 0 Å². The van der Waals surface area contributed by atoms with E-state index in [4.69, 9.17) is 9.47 Å². The van der Waals surface area contributed by atoms with Crippen LogP contribution >= 0.6 is 24.0 Å². The number of ether oxygens (including phenoxy) is 2. The van der Waals surface area contributed by atoms with Crippen molar-refractivity contribution in [2.45, 2.75) is 46.1 Å². The molecule has 0 aliphatic carbocycles. The van der Waals surface area contributed by atoms with Crippen molar-refractivity contribution >= 4 is 29.9 Å². The second-order valence-corrected chi connectivity index (χ2v) is 5.39. The van der Waals surface area contributed by atoms with Crippen LogP contribution in [-0.4, -0.2) is 33.3 Å². The van der Waals surface area contributed by atoms with Gasteiger partial charge in [0.05, 0.1) is 13.7 Å². The third-order valence-electron chi connectivity index (χ3n) is 3.45. The molecule has 0 atom stereocenters. The van der Waals surface area contributed by atoms with E-state index in [-0.39, 0.29) is 24.0 Å². The van der Waals surface area contributed by atoms with Crippen LogP contribution in [0.5, 0.6) is 11.5 Å². The van der Waals surface area contributed by atoms with Crippen LogP contribution in [0.4, 0.5) is 0 Å². The standard InChI is InChI=1S/C18H31N3O2.HI/c1-5-7-8-11-20-18(19-3)21-14-15-9-10-16(23-12-6-2)17(13-15)22-4;/h9-10,13H,5-8,11-12,14H2,1-4H3,(H2,19,20,21);1H. The number of unbranched alkanes of at least 4 members (excludes halogenated alkanes) is 2. The molecule has 0 saturated carbocycles. The summed E-state index contributed by atoms with van der Waals surface area (Å²) in [5.74, 6) is 2.38. The molecule has 0 aliphatic rings. The molecule has 0 unspecified atom stereocenters. The highest BCUT2D eigenvalue weighted by molar-refractivity contribution is 14.0. The molecule has 2 N–H and O–H groups in total. The van der Waals surface area contributed by atoms with Crippen molar-refractivity contribution in [1.82, 2.24) is 10.6 Å². The number of benzene rings is 1. The molecule has 0 aromatic heterocycles. The monoisotopic (exact) mass is 449 g/mol. The Bertz CT molecular complexity index is 481. The van der Waals surface area contributed by atoms with Gasteiger partial charge in [0.1, 0.15) is 0 Å². The number of aliphatic imine (C=N–C) groups is 1. The molecule has 1 aromatic rings. The molecule has 138 valence electrons. The zero-order valence-electron chi connectivity index (χ0n) is 15.4. The molecule has 1 rings (SSSR count). The summed E-state index contributed by atoms with van der Waals surface area (Å²) in [5.41, 5.74) is 1.13. The number of nitrogens with zero attached hydrogens (tertiary/aromatic N) is 1. The first kappa shape index (κ1) is 22.8. The van der Waals surface area contributed by atoms with E-state index in [1.165, 1.54) is 12.8 Å². The number of halogens is 1. The molecule has 0 bridgehead atoms. The van der Waals surface area contributed by atoms with Crippen molar-refractivity contribution < 1.29 is 9.47 Å². The summed E-state index contributed by atoms with van der Waals surface area (Å²) in [4.78, 5) is 4.24. The highest BCUT2D eigenvalue weighted by Crippen LogP contribution is 2.28. The van der Waals surface area contributed by atoms with Crippen LogP contribution in [0.3, 0.4) is 0 Å². The second-order valence-electron chi connectivity index (χ2n) is 5.39. The minimum atomic E-state index is 0. The summed E-state index contributed by atoms with van der Waals surface area (Å²) in [6.45, 7) is 6.62. The summed E-state index contributed by atoms with van der Waals surface area (Å²) >= 11 is 0. The lowest BCUT2D eigenvalue weighted by atomic mass is 10.2. The van der Waals surface area contributed by atoms with Gasteiger partial charge in [-0.3, -0.25) is 4.99 Å². The van der Waals surface area contributed by atoms with Crippen LogP contribution in [0.15, 0.2) is 23.2 Å². The Morgan fingerprint density at radius 1 is 1.08 bits per heavy atom. The second kappa shape index (κ2) is 14.2. The van der Waals surface area contributed by atoms with Gasteiger partial charge >= 0.3 is 0 Å². The van der Waals surface area contributed by atoms with Crippen LogP contribution < -0.4 is 20.1 Å². The highest BCUT2D eigenvalue weighted by atomic mass is 127. The first-order valence-electron chi connectivity index (χ1n) is 8.49. The average molecular weight is 449 g/mol. The Kier molecular flexibility index (Phi) is 13.5. The van der Waals surface area contributed by atoms with Crippen molar-refractivity contribution in [3.05, 3.63) is 23.8 Å². The van der Waals surface area contributed by atoms with Crippen LogP contribution in [0, 0.1) is 0 Å². The van der Waals surface area contributed by atoms with E-state index in [1.54, 1.807) is 14.2 Å². The van der Waals surface area contributed by atoms with Gasteiger partial charge in [-0.2, -0.15) is 0 Å². The lowest BCUT2D eigenvalue weighted by Crippen LogP contribution is -2.37. The maximum Gasteiger partial charge on any atom is 0.191 e. The number of guanidine groups is 1. The zero-order valence-corrected chi connectivity index (χ0v) is 17.7. The first-order chi connectivity index (χ1) is 11.2. The van der Waals surface area contributed by atoms with E-state index < -0.39 is 0 Å². The quantitative estimate of drug-likeness (QED) is 0.246. The zero-order chi connectivity index (χ0) is 16.9. The number of methoxy groups -OCH3 is 1. The molecule has 0 heterocycles. The molecule has 24 heavy (non-hydrogen) atoms. The molecule has 1 aromatic carbocycles. The summed E-state index contributed by atoms with van der Waals surface area (Å²) in [6, 6.07) is 6.01. The predicted molar refractivity (Wildman–Crippen MR) is 112 cm³/mol. The van der Waals surface area contributed by atoms with Gasteiger partial charge in [-0.05, 0) is 30.5 Å². The Balaban J connectivity index is 0.00000529. The van der Waals surface area contributed by atoms with E-state index in [0.717, 1.165) is 42.4 Å². The fraction of sp³-hybridized carbons (Fsp3) is 0.611. The topological polar surface area (TPSA) is 54.9 Å². The number of hydrogen-bond acceptors (Lipinski definition) is 3. The predicted octanol–water partition coefficient (Wildman–Crippen LogP) is 3.96. The Morgan fingerprint density at radius 3 is 2.50 bits per heavy atom. The van der Waals surface area contributed by atoms with Crippen molar-refractivity contribution in [2.24, 2.45) is 4.99 Å². The lowest BCUT2D eigenvalue weighted by Gasteiger charge is -2.14. The number of nitrogens with one attached hydrogen (secondary N) is 2. The molecule has 6 heteroatoms. The Labute approximate surface area is 163 Å². The smallest absolute Gasteiger partial charge is 0.191 e. The third-order valence-corrected chi connectivity index (χ3v) is 3.45. The highest BCUT2D eigenvalue weighted by Gasteiger charge is 2.06. The van der Waals surface area contributed by atoms with Gasteiger partial charge in [-0.1, -0.05) is 32.8 Å². The van der Waals surface area contributed by atoms with Gasteiger partial charge in [-0.25, -0.2) is 0 Å². The van der Waals surface area contributed by atoms with Gasteiger partial charge in [-0.15, -0.1) is 24.0 Å². The lowest BCUT2D eigenvalue weighted by molar-refractivity contribution is 0.294. The molecular formula is C18H32IN3O2. The maximum atomic E-state index is 5.67. The van der Waals surface area contributed by atoms with Crippen LogP contribution in [-0.2, 0) is 6.54 Å². The van der Waals surface area contributed by atoms with Crippen molar-refractivity contribution in [3.63, 3.8) is 0 Å². The van der Waals surface area contributed by atoms with Crippen molar-refractivity contribution in [3.8, 4) is 11.5 Å². The van der Waals surface area contributed by atoms with Crippen LogP contribution in [0.1, 0.15) is 45.1 Å². The normalized spacial score (nSPS) is 10.8. The fourth-order valence-electron chi connectivity index (χ4n) is 2.14. The largest absolute Gasteiger partial charge is 0.493 e. The SMILES string of the molecule is CCCCCNC(=NC)NCc1ccc(OCCC)c(OC)c1.I. The molecule has 0 saturated heterocycles. The van der Waals surface area contributed by atoms with Crippen LogP contribution in [0.25, 0.3) is 0 Å². The molecule has 0 aliphatic heterocycles. The Morgan fingerprint density at radius 2 is 1.88 bits per heavy atom. The van der Waals surface area contributed by atoms with E-state index in [2.05, 4.69) is 29.5 Å². The maximum absolute atomic E-state index is 5.67. The summed E-state index contributed by atoms with van der Waals surface area (Å²) < 4.78 is 11.1. The van der Waals surface area contributed by atoms with E-state index in [9.17, 15) is 0 Å². The summed E-state index contributed by atoms with van der Waals surface area (Å²) in [5, 5.41) is 6.64. The molecule has 0 radical (unpaired) electrons. The molecular weight excluding hydrogens is 417 g/mol. The minimum Gasteiger partial charge on any atom is -0.493 e. The average Bonchev–Trinajstić information content (AvgIpc) is 2.59. The molecule has 0 amide bonds. The van der Waals surface area contributed by atoms with E-state index in [1.807, 2.05) is 18.2 Å². The van der Waals surface area contributed by atoms with E-state index in [0.29, 0.717) is 13.2 Å². The third kappa shape index (κ3) is 8.61. The molecule has 0 fully saturated rings. The fourth-order valence-corrected chi connectivity index (χ4v) is 2.14. The van der Waals surface area contributed by atoms with Gasteiger partial charge in [0.25, 0.3) is 0 Å². The Hall–Kier alpha value is -1.18. The first-order valence-corrected chi connectivity index (χ1v) is 8.49. The van der Waals surface area contributed by atoms with Gasteiger partial charge in [0, 0.05) is 20.1 Å². The molecule has 0 spiro atoms. The number of hydrogen-bond donors (Lipinski definition) is 2. The van der Waals surface area contributed by atoms with E-state index >= 15 is 0 Å². The minimum absolute atomic E-state index is 0.